The number of ether oxygens (including phenoxy) is 3. The van der Waals surface area contributed by atoms with Gasteiger partial charge in [0.05, 0.1) is 11.2 Å². The second-order valence-corrected chi connectivity index (χ2v) is 15.3. The Morgan fingerprint density at radius 3 is 1.62 bits per heavy atom. The average molecular weight is 589 g/mol. The summed E-state index contributed by atoms with van der Waals surface area (Å²) in [5.74, 6) is 1.21. The molecular formula is C31H49NaO7S. The predicted molar refractivity (Wildman–Crippen MR) is 148 cm³/mol. The minimum Gasteiger partial charge on any atom is -0.725 e. The molecule has 0 amide bonds. The van der Waals surface area contributed by atoms with Crippen molar-refractivity contribution in [2.24, 2.45) is 47.3 Å². The van der Waals surface area contributed by atoms with Gasteiger partial charge in [-0.25, -0.2) is 12.6 Å². The standard InChI is InChI=1S/C16H26O2.C15H24O5S.Na/c1-10(2)14-9-15-12(4)6-7-13(15)11(3)8-16(14,17-5)18-15;1-9(2)13-8-14-11(4)5-6-12(14)10(3)7-15(13,19-14)20-21(16,17)18;/h10,12-14H,3,6-9H2,1-2,4-5H3;9,11-13H,3,5-8H2,1-2,4H3,(H,16,17,18);/q;;+1/p-1. The fourth-order valence-corrected chi connectivity index (χ4v) is 10.3. The van der Waals surface area contributed by atoms with Gasteiger partial charge in [0.25, 0.3) is 0 Å². The third-order valence-electron chi connectivity index (χ3n) is 11.7. The van der Waals surface area contributed by atoms with E-state index in [9.17, 15) is 13.0 Å². The summed E-state index contributed by atoms with van der Waals surface area (Å²) in [7, 11) is -3.02. The Morgan fingerprint density at radius 1 is 0.825 bits per heavy atom. The van der Waals surface area contributed by atoms with Gasteiger partial charge in [-0.3, -0.25) is 0 Å². The van der Waals surface area contributed by atoms with Crippen LogP contribution in [0.2, 0.25) is 0 Å². The summed E-state index contributed by atoms with van der Waals surface area (Å²) in [4.78, 5) is 0. The number of rotatable bonds is 5. The minimum atomic E-state index is -4.82. The Morgan fingerprint density at radius 2 is 1.23 bits per heavy atom. The topological polar surface area (TPSA) is 94.1 Å². The maximum atomic E-state index is 11.2. The maximum absolute atomic E-state index is 11.2. The van der Waals surface area contributed by atoms with Crippen LogP contribution in [0.3, 0.4) is 0 Å². The van der Waals surface area contributed by atoms with E-state index >= 15 is 0 Å². The summed E-state index contributed by atoms with van der Waals surface area (Å²) >= 11 is 0. The van der Waals surface area contributed by atoms with E-state index < -0.39 is 21.8 Å². The maximum Gasteiger partial charge on any atom is 1.00 e. The molecule has 7 nitrogen and oxygen atoms in total. The Balaban J connectivity index is 0.000000182. The van der Waals surface area contributed by atoms with Gasteiger partial charge in [-0.15, -0.1) is 0 Å². The quantitative estimate of drug-likeness (QED) is 0.210. The van der Waals surface area contributed by atoms with Gasteiger partial charge in [0.2, 0.25) is 10.4 Å². The van der Waals surface area contributed by atoms with Crippen molar-refractivity contribution in [1.82, 2.24) is 0 Å². The molecule has 6 rings (SSSR count). The van der Waals surface area contributed by atoms with E-state index in [1.807, 2.05) is 21.0 Å². The molecule has 40 heavy (non-hydrogen) atoms. The molecule has 2 spiro atoms. The van der Waals surface area contributed by atoms with Crippen LogP contribution in [0.25, 0.3) is 0 Å². The smallest absolute Gasteiger partial charge is 0.725 e. The van der Waals surface area contributed by atoms with Crippen LogP contribution in [0.5, 0.6) is 0 Å². The Labute approximate surface area is 264 Å². The van der Waals surface area contributed by atoms with Crippen molar-refractivity contribution < 1.29 is 60.9 Å². The first-order valence-corrected chi connectivity index (χ1v) is 16.4. The van der Waals surface area contributed by atoms with Crippen molar-refractivity contribution >= 4 is 10.4 Å². The number of methoxy groups -OCH3 is 1. The van der Waals surface area contributed by atoms with E-state index in [-0.39, 0.29) is 58.7 Å². The Kier molecular flexibility index (Phi) is 9.10. The van der Waals surface area contributed by atoms with Crippen molar-refractivity contribution in [3.63, 3.8) is 0 Å². The van der Waals surface area contributed by atoms with Crippen molar-refractivity contribution in [3.05, 3.63) is 24.3 Å². The molecule has 9 heteroatoms. The van der Waals surface area contributed by atoms with Crippen LogP contribution in [0.1, 0.15) is 92.9 Å². The molecule has 4 bridgehead atoms. The van der Waals surface area contributed by atoms with Crippen LogP contribution in [0, 0.1) is 47.3 Å². The first-order chi connectivity index (χ1) is 18.0. The molecule has 222 valence electrons. The van der Waals surface area contributed by atoms with E-state index in [0.29, 0.717) is 36.0 Å². The average Bonchev–Trinajstić information content (AvgIpc) is 3.50. The number of hydrogen-bond acceptors (Lipinski definition) is 7. The largest absolute Gasteiger partial charge is 1.00 e. The summed E-state index contributed by atoms with van der Waals surface area (Å²) in [6.45, 7) is 21.6. The molecule has 10 unspecified atom stereocenters. The predicted octanol–water partition coefficient (Wildman–Crippen LogP) is 3.37. The third kappa shape index (κ3) is 4.97. The zero-order chi connectivity index (χ0) is 28.8. The minimum absolute atomic E-state index is 0. The zero-order valence-electron chi connectivity index (χ0n) is 26.0. The van der Waals surface area contributed by atoms with Gasteiger partial charge in [-0.1, -0.05) is 65.8 Å². The molecule has 0 aromatic heterocycles. The summed E-state index contributed by atoms with van der Waals surface area (Å²) in [6.07, 6.45) is 7.68. The Bertz CT molecular complexity index is 1120. The van der Waals surface area contributed by atoms with Crippen LogP contribution >= 0.6 is 0 Å². The summed E-state index contributed by atoms with van der Waals surface area (Å²) in [5, 5.41) is 0. The van der Waals surface area contributed by atoms with Crippen molar-refractivity contribution in [2.75, 3.05) is 7.11 Å². The molecule has 2 saturated carbocycles. The van der Waals surface area contributed by atoms with Crippen LogP contribution in [-0.2, 0) is 28.8 Å². The molecule has 4 saturated heterocycles. The molecular weight excluding hydrogens is 539 g/mol. The second-order valence-electron chi connectivity index (χ2n) is 14.3. The van der Waals surface area contributed by atoms with Gasteiger partial charge < -0.3 is 18.8 Å². The fourth-order valence-electron chi connectivity index (χ4n) is 9.75. The SMILES string of the molecule is C=C1CC2(OC)OC3(CC2C(C)C)C(C)CCC13.C=C1CC2(OS(=O)(=O)[O-])OC3(CC2C(C)C)C(C)CCC13.[Na+]. The van der Waals surface area contributed by atoms with E-state index in [2.05, 4.69) is 40.9 Å². The Hall–Kier alpha value is 0.230. The van der Waals surface area contributed by atoms with E-state index in [1.165, 1.54) is 18.4 Å². The van der Waals surface area contributed by atoms with Crippen LogP contribution < -0.4 is 29.6 Å². The number of hydrogen-bond donors (Lipinski definition) is 0. The van der Waals surface area contributed by atoms with E-state index in [0.717, 1.165) is 37.7 Å². The zero-order valence-corrected chi connectivity index (χ0v) is 28.8. The molecule has 10 atom stereocenters. The van der Waals surface area contributed by atoms with E-state index in [1.54, 1.807) is 0 Å². The van der Waals surface area contributed by atoms with Crippen molar-refractivity contribution in [3.8, 4) is 0 Å². The first-order valence-electron chi connectivity index (χ1n) is 15.0. The van der Waals surface area contributed by atoms with Gasteiger partial charge in [0, 0.05) is 43.6 Å². The molecule has 6 aliphatic rings. The molecule has 0 aromatic rings. The van der Waals surface area contributed by atoms with Gasteiger partial charge in [0.1, 0.15) is 0 Å². The summed E-state index contributed by atoms with van der Waals surface area (Å²) in [6, 6.07) is 0. The van der Waals surface area contributed by atoms with Crippen molar-refractivity contribution in [1.29, 1.82) is 0 Å². The molecule has 2 aliphatic carbocycles. The summed E-state index contributed by atoms with van der Waals surface area (Å²) < 4.78 is 57.5. The van der Waals surface area contributed by atoms with Gasteiger partial charge in [-0.05, 0) is 62.2 Å². The molecule has 6 fully saturated rings. The van der Waals surface area contributed by atoms with Crippen LogP contribution in [-0.4, -0.2) is 42.9 Å². The first kappa shape index (κ1) is 33.1. The van der Waals surface area contributed by atoms with Crippen LogP contribution in [0.15, 0.2) is 24.3 Å². The monoisotopic (exact) mass is 588 g/mol. The summed E-state index contributed by atoms with van der Waals surface area (Å²) in [5.41, 5.74) is 1.96. The molecule has 0 radical (unpaired) electrons. The van der Waals surface area contributed by atoms with Gasteiger partial charge in [0.15, 0.2) is 11.6 Å². The molecule has 4 aliphatic heterocycles. The van der Waals surface area contributed by atoms with Gasteiger partial charge in [-0.2, -0.15) is 0 Å². The second kappa shape index (κ2) is 11.0. The van der Waals surface area contributed by atoms with E-state index in [4.69, 9.17) is 18.4 Å². The van der Waals surface area contributed by atoms with Gasteiger partial charge >= 0.3 is 29.6 Å². The van der Waals surface area contributed by atoms with Crippen molar-refractivity contribution in [2.45, 2.75) is 116 Å². The third-order valence-corrected chi connectivity index (χ3v) is 12.2. The molecule has 0 aromatic carbocycles. The number of fused-ring (bicyclic) bond motifs is 2. The molecule has 0 N–H and O–H groups in total. The fraction of sp³-hybridized carbons (Fsp3) is 0.871. The molecule has 4 heterocycles. The van der Waals surface area contributed by atoms with Crippen LogP contribution in [0.4, 0.5) is 0 Å². The normalized spacial score (nSPS) is 47.1.